The fraction of sp³-hybridized carbons (Fsp3) is 0.273. The first kappa shape index (κ1) is 43.0. The van der Waals surface area contributed by atoms with Crippen LogP contribution in [0.1, 0.15) is 74.6 Å². The molecule has 4 aromatic carbocycles. The van der Waals surface area contributed by atoms with E-state index in [9.17, 15) is 17.6 Å². The van der Waals surface area contributed by atoms with Crippen molar-refractivity contribution in [3.05, 3.63) is 167 Å². The number of benzene rings is 4. The number of allylic oxidation sites excluding steroid dienone is 8. The van der Waals surface area contributed by atoms with Crippen molar-refractivity contribution in [2.45, 2.75) is 79.1 Å². The molecule has 0 aliphatic heterocycles. The summed E-state index contributed by atoms with van der Waals surface area (Å²) in [7, 11) is 0. The van der Waals surface area contributed by atoms with Crippen molar-refractivity contribution < 1.29 is 39.3 Å². The van der Waals surface area contributed by atoms with Crippen LogP contribution in [0, 0.1) is 61.4 Å². The van der Waals surface area contributed by atoms with E-state index in [0.29, 0.717) is 0 Å². The Hall–Kier alpha value is -4.13. The molecule has 0 aromatic heterocycles. The second kappa shape index (κ2) is 24.1. The molecule has 0 saturated carbocycles. The van der Waals surface area contributed by atoms with Crippen LogP contribution in [0.25, 0.3) is 0 Å². The van der Waals surface area contributed by atoms with Crippen molar-refractivity contribution in [2.75, 3.05) is 10.6 Å². The van der Waals surface area contributed by atoms with Crippen molar-refractivity contribution in [3.8, 4) is 0 Å². The summed E-state index contributed by atoms with van der Waals surface area (Å²) in [6, 6.07) is 21.3. The second-order valence-corrected chi connectivity index (χ2v) is 11.9. The molecule has 264 valence electrons. The fourth-order valence-electron chi connectivity index (χ4n) is 4.89. The number of rotatable bonds is 10. The maximum atomic E-state index is 13.6. The third-order valence-corrected chi connectivity index (χ3v) is 7.56. The Kier molecular flexibility index (Phi) is 20.4. The molecule has 7 heteroatoms. The molecule has 2 nitrogen and oxygen atoms in total. The van der Waals surface area contributed by atoms with Crippen molar-refractivity contribution in [1.29, 1.82) is 0 Å². The van der Waals surface area contributed by atoms with E-state index < -0.39 is 23.3 Å². The number of aryl methyl sites for hydroxylation is 4. The molecule has 51 heavy (non-hydrogen) atoms. The molecule has 0 fully saturated rings. The minimum Gasteiger partial charge on any atom is -0.406 e. The molecule has 0 saturated heterocycles. The van der Waals surface area contributed by atoms with Gasteiger partial charge in [-0.1, -0.05) is 62.1 Å². The van der Waals surface area contributed by atoms with Crippen LogP contribution in [0.5, 0.6) is 0 Å². The quantitative estimate of drug-likeness (QED) is 0.0966. The molecule has 0 radical (unpaired) electrons. The smallest absolute Gasteiger partial charge is 0.406 e. The predicted molar refractivity (Wildman–Crippen MR) is 200 cm³/mol. The van der Waals surface area contributed by atoms with E-state index >= 15 is 0 Å². The fourth-order valence-corrected chi connectivity index (χ4v) is 4.89. The number of nitrogens with one attached hydrogen (secondary N) is 2. The Morgan fingerprint density at radius 3 is 1.25 bits per heavy atom. The SMILES string of the molecule is CCCCc1cc(C)ccc1Nc1ccc(F)[c-]c1F.CCCCc1cc(C)ccc1Nc1ccc(F)[c-]c1F.[C-]1=CC=CC1.[C-]1=CC=CC1.[Ti+4]. The third kappa shape index (κ3) is 16.2. The maximum absolute atomic E-state index is 13.6. The monoisotopic (exact) mass is 726 g/mol. The van der Waals surface area contributed by atoms with Crippen molar-refractivity contribution >= 4 is 22.7 Å². The van der Waals surface area contributed by atoms with Crippen molar-refractivity contribution in [1.82, 2.24) is 0 Å². The van der Waals surface area contributed by atoms with Crippen LogP contribution in [-0.2, 0) is 34.6 Å². The van der Waals surface area contributed by atoms with E-state index in [-0.39, 0.29) is 33.1 Å². The van der Waals surface area contributed by atoms with Crippen LogP contribution in [0.15, 0.2) is 97.1 Å². The van der Waals surface area contributed by atoms with Gasteiger partial charge in [0.25, 0.3) is 0 Å². The van der Waals surface area contributed by atoms with E-state index in [1.807, 2.05) is 74.5 Å². The molecule has 2 N–H and O–H groups in total. The number of halogens is 4. The van der Waals surface area contributed by atoms with Gasteiger partial charge in [-0.05, 0) is 74.2 Å². The van der Waals surface area contributed by atoms with Crippen LogP contribution >= 0.6 is 0 Å². The first-order chi connectivity index (χ1) is 24.2. The topological polar surface area (TPSA) is 24.1 Å². The van der Waals surface area contributed by atoms with Crippen LogP contribution < -0.4 is 10.6 Å². The van der Waals surface area contributed by atoms with Gasteiger partial charge in [-0.15, -0.1) is 49.2 Å². The Morgan fingerprint density at radius 1 is 0.569 bits per heavy atom. The Morgan fingerprint density at radius 2 is 0.961 bits per heavy atom. The summed E-state index contributed by atoms with van der Waals surface area (Å²) in [5.74, 6) is -2.79. The van der Waals surface area contributed by atoms with Crippen LogP contribution in [0.3, 0.4) is 0 Å². The average molecular weight is 727 g/mol. The van der Waals surface area contributed by atoms with Crippen molar-refractivity contribution in [3.63, 3.8) is 0 Å². The number of hydrogen-bond donors (Lipinski definition) is 2. The molecule has 0 heterocycles. The van der Waals surface area contributed by atoms with E-state index in [4.69, 9.17) is 0 Å². The minimum atomic E-state index is -0.702. The zero-order chi connectivity index (χ0) is 36.1. The normalized spacial score (nSPS) is 11.8. The summed E-state index contributed by atoms with van der Waals surface area (Å²) in [5, 5.41) is 6.06. The van der Waals surface area contributed by atoms with Gasteiger partial charge in [0.1, 0.15) is 0 Å². The maximum Gasteiger partial charge on any atom is 4.00 e. The predicted octanol–water partition coefficient (Wildman–Crippen LogP) is 12.9. The molecule has 0 spiro atoms. The Bertz CT molecular complexity index is 1610. The van der Waals surface area contributed by atoms with Gasteiger partial charge < -0.3 is 10.6 Å². The van der Waals surface area contributed by atoms with Gasteiger partial charge in [0.15, 0.2) is 0 Å². The minimum absolute atomic E-state index is 0. The van der Waals surface area contributed by atoms with Crippen LogP contribution in [0.2, 0.25) is 0 Å². The Labute approximate surface area is 317 Å². The molecule has 2 aliphatic carbocycles. The van der Waals surface area contributed by atoms with Gasteiger partial charge in [0, 0.05) is 34.6 Å². The number of unbranched alkanes of at least 4 members (excludes halogenated alkanes) is 2. The first-order valence-electron chi connectivity index (χ1n) is 17.1. The van der Waals surface area contributed by atoms with E-state index in [2.05, 4.69) is 60.9 Å². The second-order valence-electron chi connectivity index (χ2n) is 11.9. The summed E-state index contributed by atoms with van der Waals surface area (Å²) in [5.41, 5.74) is 6.86. The Balaban J connectivity index is 0.000000273. The van der Waals surface area contributed by atoms with Gasteiger partial charge in [-0.3, -0.25) is 12.2 Å². The summed E-state index contributed by atoms with van der Waals surface area (Å²) in [4.78, 5) is 0. The standard InChI is InChI=1S/2C17H18F2N.2C5H5.Ti/c2*1-3-4-5-13-10-12(2)6-8-16(13)20-17-9-7-14(18)11-15(17)19;2*1-2-4-5-3-1;/h2*6-10,20H,3-5H2,1-2H3;2*1-3H,4H2;/q4*-1;+4. The molecule has 6 rings (SSSR count). The molecule has 2 aliphatic rings. The molecule has 4 aromatic rings. The van der Waals surface area contributed by atoms with Gasteiger partial charge in [0.05, 0.1) is 0 Å². The molecule has 0 amide bonds. The summed E-state index contributed by atoms with van der Waals surface area (Å²) < 4.78 is 53.0. The largest absolute Gasteiger partial charge is 4.00 e. The van der Waals surface area contributed by atoms with Crippen LogP contribution in [0.4, 0.5) is 40.3 Å². The van der Waals surface area contributed by atoms with Crippen LogP contribution in [-0.4, -0.2) is 0 Å². The van der Waals surface area contributed by atoms with E-state index in [1.54, 1.807) is 0 Å². The first-order valence-corrected chi connectivity index (χ1v) is 17.1. The summed E-state index contributed by atoms with van der Waals surface area (Å²) >= 11 is 0. The summed E-state index contributed by atoms with van der Waals surface area (Å²) in [6.45, 7) is 8.34. The van der Waals surface area contributed by atoms with E-state index in [0.717, 1.165) is 73.9 Å². The number of anilines is 4. The van der Waals surface area contributed by atoms with E-state index in [1.165, 1.54) is 35.4 Å². The third-order valence-electron chi connectivity index (χ3n) is 7.56. The zero-order valence-electron chi connectivity index (χ0n) is 29.9. The molecular formula is C44H46F4N2Ti. The molecule has 0 bridgehead atoms. The molecular weight excluding hydrogens is 680 g/mol. The average Bonchev–Trinajstić information content (AvgIpc) is 3.88. The number of hydrogen-bond acceptors (Lipinski definition) is 2. The van der Waals surface area contributed by atoms with Gasteiger partial charge >= 0.3 is 21.7 Å². The zero-order valence-corrected chi connectivity index (χ0v) is 31.5. The molecule has 0 unspecified atom stereocenters. The molecule has 0 atom stereocenters. The summed E-state index contributed by atoms with van der Waals surface area (Å²) in [6.07, 6.45) is 26.2. The van der Waals surface area contributed by atoms with Crippen molar-refractivity contribution in [2.24, 2.45) is 0 Å². The van der Waals surface area contributed by atoms with Gasteiger partial charge in [0.2, 0.25) is 0 Å². The van der Waals surface area contributed by atoms with Gasteiger partial charge in [-0.2, -0.15) is 12.2 Å². The van der Waals surface area contributed by atoms with Gasteiger partial charge in [-0.25, -0.2) is 41.9 Å².